The van der Waals surface area contributed by atoms with Crippen LogP contribution in [0.2, 0.25) is 0 Å². The smallest absolute Gasteiger partial charge is 0.322 e. The lowest BCUT2D eigenvalue weighted by Crippen LogP contribution is -2.66. The van der Waals surface area contributed by atoms with Gasteiger partial charge in [0.25, 0.3) is 5.92 Å². The van der Waals surface area contributed by atoms with Crippen molar-refractivity contribution < 1.29 is 22.7 Å². The highest BCUT2D eigenvalue weighted by molar-refractivity contribution is 5.96. The molecule has 8 rings (SSSR count). The molecular weight excluding hydrogens is 525 g/mol. The van der Waals surface area contributed by atoms with Crippen LogP contribution < -0.4 is 10.2 Å². The van der Waals surface area contributed by atoms with Crippen molar-refractivity contribution in [3.05, 3.63) is 18.5 Å². The summed E-state index contributed by atoms with van der Waals surface area (Å²) in [6.45, 7) is 2.76. The first kappa shape index (κ1) is 24.4. The molecule has 3 saturated heterocycles. The molecule has 3 aromatic heterocycles. The second kappa shape index (κ2) is 8.11. The second-order valence-electron chi connectivity index (χ2n) is 12.7. The van der Waals surface area contributed by atoms with Crippen molar-refractivity contribution in [3.8, 4) is 11.4 Å². The predicted octanol–water partition coefficient (Wildman–Crippen LogP) is 4.35. The monoisotopic (exact) mass is 556 g/mol. The zero-order chi connectivity index (χ0) is 27.3. The van der Waals surface area contributed by atoms with Crippen LogP contribution >= 0.6 is 0 Å². The number of nitrogens with zero attached hydrogens (tertiary/aromatic N) is 6. The fourth-order valence-electron chi connectivity index (χ4n) is 6.76. The Bertz CT molecular complexity index is 1500. The van der Waals surface area contributed by atoms with Gasteiger partial charge >= 0.3 is 6.03 Å². The van der Waals surface area contributed by atoms with Gasteiger partial charge in [0.2, 0.25) is 0 Å². The molecule has 3 aliphatic heterocycles. The number of anilines is 2. The first-order chi connectivity index (χ1) is 19.2. The Kier molecular flexibility index (Phi) is 4.96. The molecule has 2 aliphatic carbocycles. The summed E-state index contributed by atoms with van der Waals surface area (Å²) in [5.41, 5.74) is 0.482. The summed E-state index contributed by atoms with van der Waals surface area (Å²) >= 11 is 0. The van der Waals surface area contributed by atoms with Gasteiger partial charge in [0.1, 0.15) is 11.4 Å². The summed E-state index contributed by atoms with van der Waals surface area (Å²) < 4.78 is 50.8. The number of carbonyl (C=O) groups excluding carboxylic acids is 1. The highest BCUT2D eigenvalue weighted by Crippen LogP contribution is 2.51. The number of amides is 2. The van der Waals surface area contributed by atoms with Gasteiger partial charge in [-0.3, -0.25) is 14.8 Å². The van der Waals surface area contributed by atoms with Crippen LogP contribution in [0.25, 0.3) is 22.3 Å². The number of halogens is 3. The van der Waals surface area contributed by atoms with Crippen LogP contribution in [0.3, 0.4) is 0 Å². The maximum absolute atomic E-state index is 15.3. The van der Waals surface area contributed by atoms with Crippen LogP contribution in [-0.2, 0) is 11.3 Å². The zero-order valence-corrected chi connectivity index (χ0v) is 22.1. The number of urea groups is 1. The highest BCUT2D eigenvalue weighted by atomic mass is 19.3. The predicted molar refractivity (Wildman–Crippen MR) is 140 cm³/mol. The molecule has 10 nitrogen and oxygen atoms in total. The average molecular weight is 557 g/mol. The lowest BCUT2D eigenvalue weighted by Gasteiger charge is -2.55. The molecule has 0 bridgehead atoms. The molecule has 2 saturated carbocycles. The van der Waals surface area contributed by atoms with E-state index in [9.17, 15) is 13.6 Å². The Hall–Kier alpha value is -3.35. The normalized spacial score (nSPS) is 25.0. The number of nitrogens with one attached hydrogen (secondary N) is 2. The number of rotatable bonds is 5. The number of aromatic nitrogens is 5. The SMILES string of the molecule is O=C(Nc1cn[nH]c1-c1cc2c(cn1)c(N1CC3(COC3)C1)nn2CC1(F)CCC1)N1CC(F)(F)CCC12CC2. The Balaban J connectivity index is 1.10. The highest BCUT2D eigenvalue weighted by Gasteiger charge is 2.57. The number of H-pyrrole nitrogens is 1. The third kappa shape index (κ3) is 3.80. The van der Waals surface area contributed by atoms with Gasteiger partial charge in [-0.15, -0.1) is 0 Å². The number of alkyl halides is 3. The fraction of sp³-hybridized carbons (Fsp3) is 0.630. The topological polar surface area (TPSA) is 104 Å². The van der Waals surface area contributed by atoms with E-state index >= 15 is 4.39 Å². The van der Waals surface area contributed by atoms with Crippen molar-refractivity contribution in [2.45, 2.75) is 68.6 Å². The van der Waals surface area contributed by atoms with Crippen molar-refractivity contribution in [2.24, 2.45) is 5.41 Å². The number of hydrogen-bond donors (Lipinski definition) is 2. The van der Waals surface area contributed by atoms with E-state index in [1.54, 1.807) is 10.9 Å². The van der Waals surface area contributed by atoms with Gasteiger partial charge in [-0.05, 0) is 44.6 Å². The molecule has 13 heteroatoms. The molecule has 0 unspecified atom stereocenters. The van der Waals surface area contributed by atoms with Gasteiger partial charge < -0.3 is 19.9 Å². The third-order valence-corrected chi connectivity index (χ3v) is 9.60. The first-order valence-corrected chi connectivity index (χ1v) is 14.0. The number of pyridine rings is 1. The van der Waals surface area contributed by atoms with Crippen LogP contribution in [0.5, 0.6) is 0 Å². The first-order valence-electron chi connectivity index (χ1n) is 14.0. The molecule has 3 aromatic rings. The Morgan fingerprint density at radius 2 is 1.82 bits per heavy atom. The van der Waals surface area contributed by atoms with Crippen molar-refractivity contribution >= 4 is 28.4 Å². The number of carbonyl (C=O) groups is 1. The van der Waals surface area contributed by atoms with Gasteiger partial charge in [-0.2, -0.15) is 10.2 Å². The molecule has 0 aromatic carbocycles. The summed E-state index contributed by atoms with van der Waals surface area (Å²) in [5.74, 6) is -2.11. The van der Waals surface area contributed by atoms with Crippen LogP contribution in [-0.4, -0.2) is 85.9 Å². The fourth-order valence-corrected chi connectivity index (χ4v) is 6.76. The number of ether oxygens (including phenoxy) is 1. The van der Waals surface area contributed by atoms with Crippen molar-refractivity contribution in [1.29, 1.82) is 0 Å². The zero-order valence-electron chi connectivity index (χ0n) is 22.1. The summed E-state index contributed by atoms with van der Waals surface area (Å²) in [5, 5.41) is 15.5. The maximum atomic E-state index is 15.3. The number of aromatic amines is 1. The lowest BCUT2D eigenvalue weighted by atomic mass is 9.78. The summed E-state index contributed by atoms with van der Waals surface area (Å²) in [6.07, 6.45) is 6.66. The van der Waals surface area contributed by atoms with Crippen molar-refractivity contribution in [1.82, 2.24) is 29.9 Å². The summed E-state index contributed by atoms with van der Waals surface area (Å²) in [7, 11) is 0. The van der Waals surface area contributed by atoms with E-state index in [-0.39, 0.29) is 18.4 Å². The van der Waals surface area contributed by atoms with Crippen LogP contribution in [0, 0.1) is 5.41 Å². The molecule has 5 fully saturated rings. The standard InChI is InChI=1S/C27H31F3N8O2/c28-25(2-1-3-25)13-38-20-8-18(31-9-17(20)22(35-38)36-11-24(12-36)15-40-16-24)21-19(10-32-34-21)33-23(39)37-14-27(29,30)7-6-26(37)4-5-26/h8-10H,1-7,11-16H2,(H,32,34)(H,33,39). The molecule has 2 N–H and O–H groups in total. The minimum absolute atomic E-state index is 0.160. The van der Waals surface area contributed by atoms with Crippen LogP contribution in [0.15, 0.2) is 18.5 Å². The summed E-state index contributed by atoms with van der Waals surface area (Å²) in [4.78, 5) is 21.3. The quantitative estimate of drug-likeness (QED) is 0.485. The van der Waals surface area contributed by atoms with Gasteiger partial charge in [-0.1, -0.05) is 0 Å². The molecular formula is C27H31F3N8O2. The van der Waals surface area contributed by atoms with E-state index in [0.29, 0.717) is 36.3 Å². The Morgan fingerprint density at radius 3 is 2.50 bits per heavy atom. The average Bonchev–Trinajstić information content (AvgIpc) is 3.35. The van der Waals surface area contributed by atoms with Crippen LogP contribution in [0.4, 0.5) is 29.5 Å². The van der Waals surface area contributed by atoms with E-state index in [2.05, 4.69) is 25.4 Å². The van der Waals surface area contributed by atoms with Gasteiger partial charge in [0, 0.05) is 31.2 Å². The summed E-state index contributed by atoms with van der Waals surface area (Å²) in [6, 6.07) is 1.26. The molecule has 212 valence electrons. The van der Waals surface area contributed by atoms with Gasteiger partial charge in [0.15, 0.2) is 5.82 Å². The maximum Gasteiger partial charge on any atom is 0.322 e. The minimum atomic E-state index is -2.90. The number of hydrogen-bond acceptors (Lipinski definition) is 6. The minimum Gasteiger partial charge on any atom is -0.380 e. The van der Waals surface area contributed by atoms with E-state index in [1.807, 2.05) is 6.07 Å². The molecule has 2 amide bonds. The number of likely N-dealkylation sites (tertiary alicyclic amines) is 1. The van der Waals surface area contributed by atoms with Crippen molar-refractivity contribution in [2.75, 3.05) is 43.1 Å². The molecule has 2 spiro atoms. The molecule has 5 aliphatic rings. The molecule has 0 atom stereocenters. The Labute approximate surface area is 228 Å². The second-order valence-corrected chi connectivity index (χ2v) is 12.7. The molecule has 40 heavy (non-hydrogen) atoms. The largest absolute Gasteiger partial charge is 0.380 e. The lowest BCUT2D eigenvalue weighted by molar-refractivity contribution is -0.127. The van der Waals surface area contributed by atoms with Crippen molar-refractivity contribution in [3.63, 3.8) is 0 Å². The third-order valence-electron chi connectivity index (χ3n) is 9.60. The number of piperidine rings is 1. The van der Waals surface area contributed by atoms with Gasteiger partial charge in [0.05, 0.1) is 60.2 Å². The van der Waals surface area contributed by atoms with E-state index in [1.165, 1.54) is 11.1 Å². The molecule has 6 heterocycles. The van der Waals surface area contributed by atoms with E-state index < -0.39 is 29.7 Å². The van der Waals surface area contributed by atoms with Gasteiger partial charge in [-0.25, -0.2) is 18.0 Å². The number of fused-ring (bicyclic) bond motifs is 1. The molecule has 0 radical (unpaired) electrons. The van der Waals surface area contributed by atoms with E-state index in [4.69, 9.17) is 9.84 Å². The Morgan fingerprint density at radius 1 is 1.05 bits per heavy atom. The van der Waals surface area contributed by atoms with Crippen LogP contribution in [0.1, 0.15) is 44.9 Å². The van der Waals surface area contributed by atoms with E-state index in [0.717, 1.165) is 62.3 Å².